The minimum atomic E-state index is -0.384. The van der Waals surface area contributed by atoms with Crippen molar-refractivity contribution in [2.75, 3.05) is 6.54 Å². The Morgan fingerprint density at radius 3 is 2.88 bits per heavy atom. The summed E-state index contributed by atoms with van der Waals surface area (Å²) in [5, 5.41) is 2.57. The molecule has 138 valence electrons. The van der Waals surface area contributed by atoms with E-state index in [9.17, 15) is 14.4 Å². The van der Waals surface area contributed by atoms with Crippen molar-refractivity contribution in [2.24, 2.45) is 5.92 Å². The van der Waals surface area contributed by atoms with Crippen molar-refractivity contribution in [3.05, 3.63) is 45.5 Å². The smallest absolute Gasteiger partial charge is 0.286 e. The van der Waals surface area contributed by atoms with E-state index in [1.165, 1.54) is 34.1 Å². The fraction of sp³-hybridized carbons (Fsp3) is 0.389. The van der Waals surface area contributed by atoms with Gasteiger partial charge in [0, 0.05) is 17.8 Å². The van der Waals surface area contributed by atoms with Gasteiger partial charge in [-0.15, -0.1) is 11.3 Å². The van der Waals surface area contributed by atoms with Gasteiger partial charge in [-0.3, -0.25) is 25.2 Å². The first-order valence-corrected chi connectivity index (χ1v) is 9.37. The summed E-state index contributed by atoms with van der Waals surface area (Å²) in [5.74, 6) is -0.248. The van der Waals surface area contributed by atoms with Crippen LogP contribution in [0.3, 0.4) is 0 Å². The largest absolute Gasteiger partial charge is 0.459 e. The van der Waals surface area contributed by atoms with E-state index in [0.29, 0.717) is 10.8 Å². The number of amides is 3. The van der Waals surface area contributed by atoms with Crippen LogP contribution in [0, 0.1) is 5.92 Å². The lowest BCUT2D eigenvalue weighted by Gasteiger charge is -2.16. The van der Waals surface area contributed by atoms with Crippen LogP contribution in [-0.4, -0.2) is 24.3 Å². The first-order chi connectivity index (χ1) is 12.5. The molecule has 0 fully saturated rings. The zero-order valence-corrected chi connectivity index (χ0v) is 15.3. The number of furan rings is 1. The molecule has 1 atom stereocenters. The first kappa shape index (κ1) is 18.2. The maximum Gasteiger partial charge on any atom is 0.286 e. The Morgan fingerprint density at radius 1 is 1.27 bits per heavy atom. The van der Waals surface area contributed by atoms with Crippen LogP contribution in [0.25, 0.3) is 0 Å². The number of hydrogen-bond acceptors (Lipinski definition) is 5. The SMILES string of the molecule is CC1CCc2sc(C(=O)NNC(=O)CCNC(=O)c3ccco3)cc2C1. The Kier molecular flexibility index (Phi) is 5.72. The average molecular weight is 375 g/mol. The van der Waals surface area contributed by atoms with Gasteiger partial charge in [0.05, 0.1) is 11.1 Å². The lowest BCUT2D eigenvalue weighted by molar-refractivity contribution is -0.121. The van der Waals surface area contributed by atoms with Crippen molar-refractivity contribution < 1.29 is 18.8 Å². The van der Waals surface area contributed by atoms with Crippen LogP contribution in [-0.2, 0) is 17.6 Å². The van der Waals surface area contributed by atoms with Crippen molar-refractivity contribution in [1.82, 2.24) is 16.2 Å². The Bertz CT molecular complexity index is 797. The Labute approximate surface area is 155 Å². The van der Waals surface area contributed by atoms with E-state index in [-0.39, 0.29) is 36.4 Å². The molecule has 1 aliphatic rings. The first-order valence-electron chi connectivity index (χ1n) is 8.55. The molecule has 8 heteroatoms. The molecule has 2 aromatic heterocycles. The van der Waals surface area contributed by atoms with Gasteiger partial charge in [0.1, 0.15) is 0 Å². The molecule has 3 amide bonds. The van der Waals surface area contributed by atoms with E-state index in [4.69, 9.17) is 4.42 Å². The van der Waals surface area contributed by atoms with Gasteiger partial charge in [-0.2, -0.15) is 0 Å². The van der Waals surface area contributed by atoms with E-state index in [1.54, 1.807) is 6.07 Å². The fourth-order valence-corrected chi connectivity index (χ4v) is 3.96. The van der Waals surface area contributed by atoms with Gasteiger partial charge in [-0.1, -0.05) is 6.92 Å². The highest BCUT2D eigenvalue weighted by molar-refractivity contribution is 7.14. The van der Waals surface area contributed by atoms with Gasteiger partial charge >= 0.3 is 0 Å². The maximum absolute atomic E-state index is 12.2. The molecule has 1 unspecified atom stereocenters. The normalized spacial score (nSPS) is 15.8. The van der Waals surface area contributed by atoms with Crippen molar-refractivity contribution in [1.29, 1.82) is 0 Å². The predicted molar refractivity (Wildman–Crippen MR) is 96.8 cm³/mol. The topological polar surface area (TPSA) is 100 Å². The van der Waals surface area contributed by atoms with E-state index >= 15 is 0 Å². The molecule has 0 spiro atoms. The quantitative estimate of drug-likeness (QED) is 0.696. The summed E-state index contributed by atoms with van der Waals surface area (Å²) in [7, 11) is 0. The van der Waals surface area contributed by atoms with Crippen LogP contribution < -0.4 is 16.2 Å². The summed E-state index contributed by atoms with van der Waals surface area (Å²) >= 11 is 1.49. The second kappa shape index (κ2) is 8.18. The summed E-state index contributed by atoms with van der Waals surface area (Å²) in [5.41, 5.74) is 6.04. The van der Waals surface area contributed by atoms with Crippen molar-refractivity contribution in [3.63, 3.8) is 0 Å². The van der Waals surface area contributed by atoms with Crippen LogP contribution in [0.4, 0.5) is 0 Å². The highest BCUT2D eigenvalue weighted by Crippen LogP contribution is 2.32. The fourth-order valence-electron chi connectivity index (χ4n) is 2.85. The number of hydrazine groups is 1. The zero-order chi connectivity index (χ0) is 18.5. The molecule has 0 aliphatic heterocycles. The molecular formula is C18H21N3O4S. The summed E-state index contributed by atoms with van der Waals surface area (Å²) in [6, 6.07) is 5.07. The van der Waals surface area contributed by atoms with Gasteiger partial charge in [-0.25, -0.2) is 0 Å². The van der Waals surface area contributed by atoms with Gasteiger partial charge in [-0.05, 0) is 48.9 Å². The molecule has 0 saturated heterocycles. The number of thiophene rings is 1. The molecule has 26 heavy (non-hydrogen) atoms. The number of carbonyl (C=O) groups excluding carboxylic acids is 3. The number of hydrogen-bond donors (Lipinski definition) is 3. The van der Waals surface area contributed by atoms with Gasteiger partial charge < -0.3 is 9.73 Å². The molecule has 2 aromatic rings. The molecule has 3 rings (SSSR count). The predicted octanol–water partition coefficient (Wildman–Crippen LogP) is 2.05. The zero-order valence-electron chi connectivity index (χ0n) is 14.5. The Balaban J connectivity index is 1.40. The second-order valence-corrected chi connectivity index (χ2v) is 7.53. The minimum Gasteiger partial charge on any atom is -0.459 e. The van der Waals surface area contributed by atoms with Gasteiger partial charge in [0.25, 0.3) is 11.8 Å². The average Bonchev–Trinajstić information content (AvgIpc) is 3.28. The Hall–Kier alpha value is -2.61. The van der Waals surface area contributed by atoms with E-state index in [0.717, 1.165) is 19.3 Å². The summed E-state index contributed by atoms with van der Waals surface area (Å²) in [6.07, 6.45) is 4.61. The highest BCUT2D eigenvalue weighted by Gasteiger charge is 2.20. The monoisotopic (exact) mass is 375 g/mol. The summed E-state index contributed by atoms with van der Waals surface area (Å²) < 4.78 is 4.95. The number of fused-ring (bicyclic) bond motifs is 1. The van der Waals surface area contributed by atoms with Gasteiger partial charge in [0.15, 0.2) is 5.76 Å². The molecule has 0 radical (unpaired) electrons. The molecular weight excluding hydrogens is 354 g/mol. The number of carbonyl (C=O) groups is 3. The van der Waals surface area contributed by atoms with E-state index in [2.05, 4.69) is 23.1 Å². The highest BCUT2D eigenvalue weighted by atomic mass is 32.1. The Morgan fingerprint density at radius 2 is 2.12 bits per heavy atom. The van der Waals surface area contributed by atoms with Gasteiger partial charge in [0.2, 0.25) is 5.91 Å². The van der Waals surface area contributed by atoms with Crippen molar-refractivity contribution in [2.45, 2.75) is 32.6 Å². The van der Waals surface area contributed by atoms with Crippen molar-refractivity contribution in [3.8, 4) is 0 Å². The lowest BCUT2D eigenvalue weighted by atomic mass is 9.90. The standard InChI is InChI=1S/C18H21N3O4S/c1-11-4-5-14-12(9-11)10-15(26-14)18(24)21-20-16(22)6-7-19-17(23)13-3-2-8-25-13/h2-3,8,10-11H,4-7,9H2,1H3,(H,19,23)(H,20,22)(H,21,24). The number of nitrogens with one attached hydrogen (secondary N) is 3. The third-order valence-corrected chi connectivity index (χ3v) is 5.49. The van der Waals surface area contributed by atoms with Crippen LogP contribution in [0.1, 0.15) is 50.4 Å². The third-order valence-electron chi connectivity index (χ3n) is 4.25. The maximum atomic E-state index is 12.2. The van der Waals surface area contributed by atoms with Crippen LogP contribution >= 0.6 is 11.3 Å². The lowest BCUT2D eigenvalue weighted by Crippen LogP contribution is -2.42. The summed E-state index contributed by atoms with van der Waals surface area (Å²) in [4.78, 5) is 37.5. The van der Waals surface area contributed by atoms with Crippen LogP contribution in [0.2, 0.25) is 0 Å². The number of aryl methyl sites for hydroxylation is 1. The van der Waals surface area contributed by atoms with E-state index < -0.39 is 0 Å². The van der Waals surface area contributed by atoms with Crippen LogP contribution in [0.5, 0.6) is 0 Å². The molecule has 0 saturated carbocycles. The molecule has 2 heterocycles. The molecule has 7 nitrogen and oxygen atoms in total. The van der Waals surface area contributed by atoms with E-state index in [1.807, 2.05) is 6.07 Å². The molecule has 1 aliphatic carbocycles. The third kappa shape index (κ3) is 4.51. The summed E-state index contributed by atoms with van der Waals surface area (Å²) in [6.45, 7) is 2.36. The number of rotatable bonds is 5. The minimum absolute atomic E-state index is 0.0468. The second-order valence-electron chi connectivity index (χ2n) is 6.39. The molecule has 0 aromatic carbocycles. The molecule has 3 N–H and O–H groups in total. The van der Waals surface area contributed by atoms with Crippen molar-refractivity contribution >= 4 is 29.1 Å². The van der Waals surface area contributed by atoms with Crippen LogP contribution in [0.15, 0.2) is 28.9 Å². The molecule has 0 bridgehead atoms.